The van der Waals surface area contributed by atoms with Crippen molar-refractivity contribution in [1.29, 1.82) is 0 Å². The molecule has 0 saturated heterocycles. The van der Waals surface area contributed by atoms with Gasteiger partial charge in [0.2, 0.25) is 0 Å². The van der Waals surface area contributed by atoms with E-state index in [-0.39, 0.29) is 6.03 Å². The van der Waals surface area contributed by atoms with Crippen LogP contribution >= 0.6 is 11.8 Å². The number of benzene rings is 1. The third-order valence-corrected chi connectivity index (χ3v) is 4.36. The second kappa shape index (κ2) is 6.85. The number of rotatable bonds is 3. The first-order valence-electron chi connectivity index (χ1n) is 6.89. The number of carbonyl (C=O) groups is 1. The average Bonchev–Trinajstić information content (AvgIpc) is 2.39. The van der Waals surface area contributed by atoms with Gasteiger partial charge in [-0.15, -0.1) is 11.8 Å². The van der Waals surface area contributed by atoms with Crippen LogP contribution in [0.2, 0.25) is 0 Å². The molecule has 1 aromatic carbocycles. The Morgan fingerprint density at radius 3 is 2.63 bits per heavy atom. The molecule has 0 bridgehead atoms. The summed E-state index contributed by atoms with van der Waals surface area (Å²) >= 11 is 1.70. The Morgan fingerprint density at radius 1 is 1.26 bits per heavy atom. The molecule has 1 saturated carbocycles. The van der Waals surface area contributed by atoms with Crippen molar-refractivity contribution in [2.45, 2.75) is 43.5 Å². The van der Waals surface area contributed by atoms with Gasteiger partial charge in [-0.05, 0) is 49.3 Å². The van der Waals surface area contributed by atoms with Gasteiger partial charge in [-0.25, -0.2) is 4.79 Å². The second-order valence-electron chi connectivity index (χ2n) is 5.30. The Kier molecular flexibility index (Phi) is 5.14. The molecule has 1 fully saturated rings. The van der Waals surface area contributed by atoms with Crippen molar-refractivity contribution in [3.8, 4) is 0 Å². The van der Waals surface area contributed by atoms with Crippen molar-refractivity contribution in [2.24, 2.45) is 5.92 Å². The molecule has 1 aromatic rings. The van der Waals surface area contributed by atoms with Gasteiger partial charge in [-0.1, -0.05) is 19.8 Å². The average molecular weight is 278 g/mol. The minimum atomic E-state index is -0.0870. The maximum Gasteiger partial charge on any atom is 0.319 e. The molecule has 0 heterocycles. The minimum Gasteiger partial charge on any atom is -0.335 e. The van der Waals surface area contributed by atoms with Gasteiger partial charge >= 0.3 is 6.03 Å². The number of hydrogen-bond acceptors (Lipinski definition) is 2. The molecule has 0 aliphatic heterocycles. The van der Waals surface area contributed by atoms with Crippen molar-refractivity contribution in [1.82, 2.24) is 5.32 Å². The van der Waals surface area contributed by atoms with Crippen LogP contribution in [0.3, 0.4) is 0 Å². The molecule has 1 aliphatic carbocycles. The number of thioether (sulfide) groups is 1. The molecule has 0 radical (unpaired) electrons. The van der Waals surface area contributed by atoms with E-state index in [1.54, 1.807) is 11.8 Å². The van der Waals surface area contributed by atoms with Crippen LogP contribution in [0.4, 0.5) is 10.5 Å². The summed E-state index contributed by atoms with van der Waals surface area (Å²) in [5, 5.41) is 5.97. The fourth-order valence-electron chi connectivity index (χ4n) is 2.59. The van der Waals surface area contributed by atoms with Crippen LogP contribution in [0.25, 0.3) is 0 Å². The van der Waals surface area contributed by atoms with Crippen molar-refractivity contribution in [3.05, 3.63) is 24.3 Å². The molecule has 2 rings (SSSR count). The van der Waals surface area contributed by atoms with Gasteiger partial charge in [0.15, 0.2) is 0 Å². The molecule has 0 spiro atoms. The van der Waals surface area contributed by atoms with E-state index >= 15 is 0 Å². The first kappa shape index (κ1) is 14.3. The fourth-order valence-corrected chi connectivity index (χ4v) is 3.00. The Hall–Kier alpha value is -1.16. The molecular weight excluding hydrogens is 256 g/mol. The van der Waals surface area contributed by atoms with Gasteiger partial charge in [0, 0.05) is 16.6 Å². The number of hydrogen-bond donors (Lipinski definition) is 2. The van der Waals surface area contributed by atoms with E-state index < -0.39 is 0 Å². The molecule has 2 N–H and O–H groups in total. The van der Waals surface area contributed by atoms with Crippen molar-refractivity contribution in [2.75, 3.05) is 11.6 Å². The maximum absolute atomic E-state index is 11.9. The van der Waals surface area contributed by atoms with E-state index in [1.807, 2.05) is 30.5 Å². The van der Waals surface area contributed by atoms with Crippen molar-refractivity contribution >= 4 is 23.5 Å². The smallest absolute Gasteiger partial charge is 0.319 e. The lowest BCUT2D eigenvalue weighted by atomic mass is 9.87. The molecule has 1 aliphatic rings. The van der Waals surface area contributed by atoms with Gasteiger partial charge in [0.05, 0.1) is 0 Å². The van der Waals surface area contributed by atoms with E-state index in [0.29, 0.717) is 6.04 Å². The van der Waals surface area contributed by atoms with Crippen LogP contribution in [0.5, 0.6) is 0 Å². The third kappa shape index (κ3) is 4.46. The lowest BCUT2D eigenvalue weighted by molar-refractivity contribution is 0.238. The third-order valence-electron chi connectivity index (χ3n) is 3.62. The summed E-state index contributed by atoms with van der Waals surface area (Å²) < 4.78 is 0. The predicted octanol–water partition coefficient (Wildman–Crippen LogP) is 4.11. The number of nitrogens with one attached hydrogen (secondary N) is 2. The topological polar surface area (TPSA) is 41.1 Å². The van der Waals surface area contributed by atoms with Gasteiger partial charge in [-0.3, -0.25) is 0 Å². The quantitative estimate of drug-likeness (QED) is 0.817. The van der Waals surface area contributed by atoms with E-state index in [4.69, 9.17) is 0 Å². The summed E-state index contributed by atoms with van der Waals surface area (Å²) in [6, 6.07) is 8.15. The summed E-state index contributed by atoms with van der Waals surface area (Å²) in [4.78, 5) is 13.1. The zero-order chi connectivity index (χ0) is 13.7. The van der Waals surface area contributed by atoms with Gasteiger partial charge in [-0.2, -0.15) is 0 Å². The summed E-state index contributed by atoms with van der Waals surface area (Å²) in [5.41, 5.74) is 0.846. The zero-order valence-electron chi connectivity index (χ0n) is 11.6. The highest BCUT2D eigenvalue weighted by Crippen LogP contribution is 2.23. The molecule has 0 unspecified atom stereocenters. The first-order chi connectivity index (χ1) is 9.17. The summed E-state index contributed by atoms with van der Waals surface area (Å²) in [5.74, 6) is 0.722. The predicted molar refractivity (Wildman–Crippen MR) is 81.8 cm³/mol. The molecular formula is C15H22N2OS. The normalized spacial score (nSPS) is 22.8. The Bertz CT molecular complexity index is 419. The molecule has 2 atom stereocenters. The first-order valence-corrected chi connectivity index (χ1v) is 8.11. The Morgan fingerprint density at radius 2 is 2.00 bits per heavy atom. The standard InChI is InChI=1S/C15H22N2OS/c1-11-4-3-5-13(10-11)17-15(18)16-12-6-8-14(19-2)9-7-12/h6-9,11,13H,3-5,10H2,1-2H3,(H2,16,17,18)/t11-,13+/m0/s1. The largest absolute Gasteiger partial charge is 0.335 e. The van der Waals surface area contributed by atoms with Crippen LogP contribution in [-0.4, -0.2) is 18.3 Å². The van der Waals surface area contributed by atoms with E-state index in [0.717, 1.165) is 24.4 Å². The molecule has 0 aromatic heterocycles. The summed E-state index contributed by atoms with van der Waals surface area (Å²) in [6.45, 7) is 2.26. The number of urea groups is 1. The van der Waals surface area contributed by atoms with E-state index in [1.165, 1.54) is 17.7 Å². The lowest BCUT2D eigenvalue weighted by Crippen LogP contribution is -2.40. The molecule has 2 amide bonds. The lowest BCUT2D eigenvalue weighted by Gasteiger charge is -2.27. The molecule has 4 heteroatoms. The molecule has 19 heavy (non-hydrogen) atoms. The van der Waals surface area contributed by atoms with Crippen molar-refractivity contribution < 1.29 is 4.79 Å². The monoisotopic (exact) mass is 278 g/mol. The van der Waals surface area contributed by atoms with Gasteiger partial charge in [0.1, 0.15) is 0 Å². The highest BCUT2D eigenvalue weighted by molar-refractivity contribution is 7.98. The minimum absolute atomic E-state index is 0.0870. The molecule has 3 nitrogen and oxygen atoms in total. The Labute approximate surface area is 119 Å². The number of carbonyl (C=O) groups excluding carboxylic acids is 1. The number of anilines is 1. The van der Waals surface area contributed by atoms with Crippen LogP contribution in [-0.2, 0) is 0 Å². The fraction of sp³-hybridized carbons (Fsp3) is 0.533. The summed E-state index contributed by atoms with van der Waals surface area (Å²) in [6.07, 6.45) is 6.74. The van der Waals surface area contributed by atoms with Crippen LogP contribution < -0.4 is 10.6 Å². The number of amides is 2. The van der Waals surface area contributed by atoms with Crippen LogP contribution in [0.15, 0.2) is 29.2 Å². The SMILES string of the molecule is CSc1ccc(NC(=O)N[C@@H]2CCC[C@H](C)C2)cc1. The van der Waals surface area contributed by atoms with Crippen molar-refractivity contribution in [3.63, 3.8) is 0 Å². The van der Waals surface area contributed by atoms with Crippen LogP contribution in [0.1, 0.15) is 32.6 Å². The van der Waals surface area contributed by atoms with E-state index in [2.05, 4.69) is 17.6 Å². The van der Waals surface area contributed by atoms with Gasteiger partial charge < -0.3 is 10.6 Å². The van der Waals surface area contributed by atoms with E-state index in [9.17, 15) is 4.79 Å². The van der Waals surface area contributed by atoms with Gasteiger partial charge in [0.25, 0.3) is 0 Å². The zero-order valence-corrected chi connectivity index (χ0v) is 12.4. The van der Waals surface area contributed by atoms with Crippen LogP contribution in [0, 0.1) is 5.92 Å². The molecule has 104 valence electrons. The Balaban J connectivity index is 1.83. The maximum atomic E-state index is 11.9. The highest BCUT2D eigenvalue weighted by Gasteiger charge is 2.20. The second-order valence-corrected chi connectivity index (χ2v) is 6.18. The summed E-state index contributed by atoms with van der Waals surface area (Å²) in [7, 11) is 0. The highest BCUT2D eigenvalue weighted by atomic mass is 32.2.